The molecule has 1 aromatic heterocycles. The van der Waals surface area contributed by atoms with Gasteiger partial charge in [-0.3, -0.25) is 0 Å². The lowest BCUT2D eigenvalue weighted by molar-refractivity contribution is 0.683. The zero-order valence-corrected chi connectivity index (χ0v) is 12.3. The fraction of sp³-hybridized carbons (Fsp3) is 0.273. The maximum atomic E-state index is 5.92. The number of halogens is 2. The van der Waals surface area contributed by atoms with E-state index in [-0.39, 0.29) is 6.04 Å². The van der Waals surface area contributed by atoms with Gasteiger partial charge in [0.25, 0.3) is 0 Å². The van der Waals surface area contributed by atoms with E-state index in [4.69, 9.17) is 17.3 Å². The van der Waals surface area contributed by atoms with Gasteiger partial charge in [0.05, 0.1) is 6.04 Å². The summed E-state index contributed by atoms with van der Waals surface area (Å²) in [6.45, 7) is 2.03. The Kier molecular flexibility index (Phi) is 4.14. The molecule has 0 saturated heterocycles. The Labute approximate surface area is 117 Å². The molecule has 6 heteroatoms. The molecule has 1 heterocycles. The molecule has 0 aliphatic carbocycles. The van der Waals surface area contributed by atoms with Crippen LogP contribution in [0.5, 0.6) is 0 Å². The van der Waals surface area contributed by atoms with Crippen LogP contribution < -0.4 is 5.73 Å². The molecule has 0 saturated carbocycles. The van der Waals surface area contributed by atoms with Crippen LogP contribution in [0.1, 0.15) is 24.4 Å². The molecule has 1 aromatic carbocycles. The SMILES string of the molecule is CCC(N)c1nnc(-c2ccc(Cl)cc2Br)s1. The van der Waals surface area contributed by atoms with Gasteiger partial charge in [0.2, 0.25) is 0 Å². The predicted octanol–water partition coefficient (Wildman–Crippen LogP) is 4.03. The number of aromatic nitrogens is 2. The first kappa shape index (κ1) is 13.0. The lowest BCUT2D eigenvalue weighted by atomic mass is 10.2. The lowest BCUT2D eigenvalue weighted by Crippen LogP contribution is -2.07. The van der Waals surface area contributed by atoms with Crippen molar-refractivity contribution in [2.24, 2.45) is 5.73 Å². The number of hydrogen-bond acceptors (Lipinski definition) is 4. The fourth-order valence-electron chi connectivity index (χ4n) is 1.33. The van der Waals surface area contributed by atoms with Gasteiger partial charge in [-0.05, 0) is 24.6 Å². The topological polar surface area (TPSA) is 51.8 Å². The highest BCUT2D eigenvalue weighted by molar-refractivity contribution is 9.10. The van der Waals surface area contributed by atoms with Crippen LogP contribution >= 0.6 is 38.9 Å². The molecule has 2 N–H and O–H groups in total. The van der Waals surface area contributed by atoms with E-state index in [0.29, 0.717) is 5.02 Å². The average Bonchev–Trinajstić information content (AvgIpc) is 2.77. The van der Waals surface area contributed by atoms with Crippen molar-refractivity contribution in [1.29, 1.82) is 0 Å². The van der Waals surface area contributed by atoms with E-state index in [2.05, 4.69) is 26.1 Å². The smallest absolute Gasteiger partial charge is 0.148 e. The Morgan fingerprint density at radius 3 is 2.88 bits per heavy atom. The second-order valence-corrected chi connectivity index (χ2v) is 5.88. The summed E-state index contributed by atoms with van der Waals surface area (Å²) in [5.41, 5.74) is 6.91. The molecule has 0 radical (unpaired) electrons. The normalized spacial score (nSPS) is 12.7. The summed E-state index contributed by atoms with van der Waals surface area (Å²) in [4.78, 5) is 0. The Bertz CT molecular complexity index is 529. The van der Waals surface area contributed by atoms with Gasteiger partial charge < -0.3 is 5.73 Å². The quantitative estimate of drug-likeness (QED) is 0.923. The lowest BCUT2D eigenvalue weighted by Gasteiger charge is -2.01. The van der Waals surface area contributed by atoms with Crippen LogP contribution in [0.2, 0.25) is 5.02 Å². The molecule has 0 fully saturated rings. The van der Waals surface area contributed by atoms with Crippen LogP contribution in [0, 0.1) is 0 Å². The third-order valence-electron chi connectivity index (χ3n) is 2.36. The zero-order chi connectivity index (χ0) is 12.4. The van der Waals surface area contributed by atoms with Crippen molar-refractivity contribution >= 4 is 38.9 Å². The molecular weight excluding hydrogens is 322 g/mol. The highest BCUT2D eigenvalue weighted by Gasteiger charge is 2.13. The molecule has 0 spiro atoms. The molecule has 2 rings (SSSR count). The van der Waals surface area contributed by atoms with Crippen LogP contribution in [0.25, 0.3) is 10.6 Å². The third-order valence-corrected chi connectivity index (χ3v) is 4.34. The van der Waals surface area contributed by atoms with Gasteiger partial charge in [-0.15, -0.1) is 10.2 Å². The first-order chi connectivity index (χ1) is 8.11. The standard InChI is InChI=1S/C11H11BrClN3S/c1-2-9(14)11-16-15-10(17-11)7-4-3-6(13)5-8(7)12/h3-5,9H,2,14H2,1H3. The van der Waals surface area contributed by atoms with Crippen LogP contribution in [-0.4, -0.2) is 10.2 Å². The fourth-order valence-corrected chi connectivity index (χ4v) is 3.30. The van der Waals surface area contributed by atoms with Gasteiger partial charge in [0, 0.05) is 15.1 Å². The third kappa shape index (κ3) is 2.85. The zero-order valence-electron chi connectivity index (χ0n) is 9.15. The number of nitrogens with two attached hydrogens (primary N) is 1. The minimum Gasteiger partial charge on any atom is -0.322 e. The van der Waals surface area contributed by atoms with E-state index in [1.807, 2.05) is 25.1 Å². The summed E-state index contributed by atoms with van der Waals surface area (Å²) in [6.07, 6.45) is 0.858. The van der Waals surface area contributed by atoms with Gasteiger partial charge in [-0.1, -0.05) is 45.8 Å². The van der Waals surface area contributed by atoms with Gasteiger partial charge in [0.1, 0.15) is 10.0 Å². The van der Waals surface area contributed by atoms with Crippen molar-refractivity contribution in [2.75, 3.05) is 0 Å². The number of rotatable bonds is 3. The Hall–Kier alpha value is -0.490. The second-order valence-electron chi connectivity index (χ2n) is 3.58. The van der Waals surface area contributed by atoms with Crippen molar-refractivity contribution in [3.8, 4) is 10.6 Å². The minimum absolute atomic E-state index is 0.0349. The second kappa shape index (κ2) is 5.44. The average molecular weight is 333 g/mol. The van der Waals surface area contributed by atoms with Crippen molar-refractivity contribution in [2.45, 2.75) is 19.4 Å². The molecule has 3 nitrogen and oxygen atoms in total. The van der Waals surface area contributed by atoms with Crippen LogP contribution in [0.3, 0.4) is 0 Å². The minimum atomic E-state index is -0.0349. The number of benzene rings is 1. The van der Waals surface area contributed by atoms with Crippen molar-refractivity contribution in [3.05, 3.63) is 32.7 Å². The van der Waals surface area contributed by atoms with Crippen molar-refractivity contribution in [1.82, 2.24) is 10.2 Å². The molecule has 90 valence electrons. The van der Waals surface area contributed by atoms with Crippen LogP contribution in [-0.2, 0) is 0 Å². The van der Waals surface area contributed by atoms with E-state index < -0.39 is 0 Å². The Balaban J connectivity index is 2.37. The van der Waals surface area contributed by atoms with Gasteiger partial charge in [-0.2, -0.15) is 0 Å². The monoisotopic (exact) mass is 331 g/mol. The molecule has 1 unspecified atom stereocenters. The van der Waals surface area contributed by atoms with Crippen molar-refractivity contribution < 1.29 is 0 Å². The molecule has 2 aromatic rings. The van der Waals surface area contributed by atoms with Crippen LogP contribution in [0.15, 0.2) is 22.7 Å². The van der Waals surface area contributed by atoms with Crippen LogP contribution in [0.4, 0.5) is 0 Å². The largest absolute Gasteiger partial charge is 0.322 e. The highest BCUT2D eigenvalue weighted by Crippen LogP contribution is 2.33. The summed E-state index contributed by atoms with van der Waals surface area (Å²) in [6, 6.07) is 5.57. The van der Waals surface area contributed by atoms with E-state index >= 15 is 0 Å². The van der Waals surface area contributed by atoms with E-state index in [0.717, 1.165) is 26.5 Å². The Morgan fingerprint density at radius 2 is 2.24 bits per heavy atom. The van der Waals surface area contributed by atoms with Crippen molar-refractivity contribution in [3.63, 3.8) is 0 Å². The first-order valence-electron chi connectivity index (χ1n) is 5.16. The molecule has 0 bridgehead atoms. The molecule has 0 aliphatic heterocycles. The Morgan fingerprint density at radius 1 is 1.47 bits per heavy atom. The predicted molar refractivity (Wildman–Crippen MR) is 75.3 cm³/mol. The van der Waals surface area contributed by atoms with E-state index in [1.165, 1.54) is 11.3 Å². The van der Waals surface area contributed by atoms with Gasteiger partial charge >= 0.3 is 0 Å². The molecule has 1 atom stereocenters. The summed E-state index contributed by atoms with van der Waals surface area (Å²) < 4.78 is 0.915. The molecule has 0 aliphatic rings. The summed E-state index contributed by atoms with van der Waals surface area (Å²) in [7, 11) is 0. The maximum absolute atomic E-state index is 5.92. The van der Waals surface area contributed by atoms with Gasteiger partial charge in [0.15, 0.2) is 0 Å². The number of hydrogen-bond donors (Lipinski definition) is 1. The maximum Gasteiger partial charge on any atom is 0.148 e. The summed E-state index contributed by atoms with van der Waals surface area (Å²) >= 11 is 10.9. The molecule has 0 amide bonds. The highest BCUT2D eigenvalue weighted by atomic mass is 79.9. The van der Waals surface area contributed by atoms with E-state index in [1.54, 1.807) is 0 Å². The summed E-state index contributed by atoms with van der Waals surface area (Å²) in [5, 5.41) is 10.7. The molecular formula is C11H11BrClN3S. The van der Waals surface area contributed by atoms with E-state index in [9.17, 15) is 0 Å². The van der Waals surface area contributed by atoms with Gasteiger partial charge in [-0.25, -0.2) is 0 Å². The summed E-state index contributed by atoms with van der Waals surface area (Å²) in [5.74, 6) is 0. The number of nitrogens with zero attached hydrogens (tertiary/aromatic N) is 2. The first-order valence-corrected chi connectivity index (χ1v) is 7.15. The molecule has 17 heavy (non-hydrogen) atoms.